The Morgan fingerprint density at radius 2 is 1.67 bits per heavy atom. The predicted molar refractivity (Wildman–Crippen MR) is 93.3 cm³/mol. The molecule has 0 unspecified atom stereocenters. The summed E-state index contributed by atoms with van der Waals surface area (Å²) in [6, 6.07) is 11.7. The zero-order valence-corrected chi connectivity index (χ0v) is 12.9. The topological polar surface area (TPSA) is 67.8 Å². The molecule has 3 heterocycles. The summed E-state index contributed by atoms with van der Waals surface area (Å²) in [5.41, 5.74) is 3.94. The first-order valence-corrected chi connectivity index (χ1v) is 7.69. The van der Waals surface area contributed by atoms with Gasteiger partial charge in [-0.3, -0.25) is 14.8 Å². The van der Waals surface area contributed by atoms with Crippen molar-refractivity contribution in [2.24, 2.45) is 0 Å². The fourth-order valence-electron chi connectivity index (χ4n) is 3.44. The van der Waals surface area contributed by atoms with Crippen LogP contribution < -0.4 is 5.32 Å². The molecular weight excluding hydrogens is 300 g/mol. The van der Waals surface area contributed by atoms with Crippen molar-refractivity contribution in [2.75, 3.05) is 12.4 Å². The number of aromatic nitrogens is 3. The van der Waals surface area contributed by atoms with E-state index in [4.69, 9.17) is 4.98 Å². The molecule has 4 aromatic rings. The molecule has 0 radical (unpaired) electrons. The fourth-order valence-corrected chi connectivity index (χ4v) is 3.44. The maximum absolute atomic E-state index is 13.0. The largest absolute Gasteiger partial charge is 0.387 e. The van der Waals surface area contributed by atoms with Gasteiger partial charge >= 0.3 is 0 Å². The van der Waals surface area contributed by atoms with Crippen molar-refractivity contribution in [3.8, 4) is 11.4 Å². The first kappa shape index (κ1) is 13.1. The van der Waals surface area contributed by atoms with Crippen molar-refractivity contribution >= 4 is 33.1 Å². The van der Waals surface area contributed by atoms with Gasteiger partial charge in [-0.1, -0.05) is 18.2 Å². The number of anilines is 1. The summed E-state index contributed by atoms with van der Waals surface area (Å²) in [5.74, 6) is -0.113. The maximum atomic E-state index is 13.0. The lowest BCUT2D eigenvalue weighted by molar-refractivity contribution is 0.103. The van der Waals surface area contributed by atoms with E-state index >= 15 is 0 Å². The van der Waals surface area contributed by atoms with Crippen LogP contribution in [-0.4, -0.2) is 27.8 Å². The summed E-state index contributed by atoms with van der Waals surface area (Å²) in [6.07, 6.45) is 3.38. The number of carbonyl (C=O) groups is 1. The van der Waals surface area contributed by atoms with Crippen molar-refractivity contribution < 1.29 is 4.79 Å². The molecule has 0 bridgehead atoms. The monoisotopic (exact) mass is 312 g/mol. The molecule has 5 rings (SSSR count). The third-order valence-electron chi connectivity index (χ3n) is 4.50. The van der Waals surface area contributed by atoms with Crippen LogP contribution in [0.25, 0.3) is 33.1 Å². The van der Waals surface area contributed by atoms with E-state index in [-0.39, 0.29) is 5.78 Å². The highest BCUT2D eigenvalue weighted by atomic mass is 16.1. The molecular formula is C19H12N4O. The molecule has 1 aromatic carbocycles. The summed E-state index contributed by atoms with van der Waals surface area (Å²) in [5, 5.41) is 5.85. The van der Waals surface area contributed by atoms with Crippen LogP contribution in [0.1, 0.15) is 16.1 Å². The van der Waals surface area contributed by atoms with Gasteiger partial charge in [-0.25, -0.2) is 4.98 Å². The van der Waals surface area contributed by atoms with E-state index in [1.165, 1.54) is 0 Å². The molecule has 3 aromatic heterocycles. The van der Waals surface area contributed by atoms with Crippen molar-refractivity contribution in [1.29, 1.82) is 0 Å². The Kier molecular flexibility index (Phi) is 2.51. The number of benzene rings is 1. The number of hydrogen-bond acceptors (Lipinski definition) is 5. The second-order valence-corrected chi connectivity index (χ2v) is 5.72. The molecule has 5 nitrogen and oxygen atoms in total. The van der Waals surface area contributed by atoms with Crippen LogP contribution >= 0.6 is 0 Å². The minimum atomic E-state index is -0.113. The van der Waals surface area contributed by atoms with Gasteiger partial charge in [0.15, 0.2) is 0 Å². The van der Waals surface area contributed by atoms with E-state index in [2.05, 4.69) is 15.3 Å². The Morgan fingerprint density at radius 1 is 0.875 bits per heavy atom. The second-order valence-electron chi connectivity index (χ2n) is 5.72. The highest BCUT2D eigenvalue weighted by Gasteiger charge is 2.31. The molecule has 0 saturated heterocycles. The lowest BCUT2D eigenvalue weighted by Gasteiger charge is -2.20. The maximum Gasteiger partial charge on any atom is 0.216 e. The number of carbonyl (C=O) groups excluding carboxylic acids is 1. The molecule has 0 aliphatic heterocycles. The number of hydrogen-bond donors (Lipinski definition) is 1. The van der Waals surface area contributed by atoms with Crippen LogP contribution in [0.2, 0.25) is 0 Å². The van der Waals surface area contributed by atoms with Gasteiger partial charge in [0.25, 0.3) is 0 Å². The minimum absolute atomic E-state index is 0.113. The zero-order valence-electron chi connectivity index (χ0n) is 12.9. The Balaban J connectivity index is 2.06. The van der Waals surface area contributed by atoms with Crippen LogP contribution in [0.15, 0.2) is 48.8 Å². The van der Waals surface area contributed by atoms with Crippen molar-refractivity contribution in [1.82, 2.24) is 15.0 Å². The minimum Gasteiger partial charge on any atom is -0.387 e. The van der Waals surface area contributed by atoms with E-state index in [0.717, 1.165) is 33.1 Å². The van der Waals surface area contributed by atoms with E-state index in [0.29, 0.717) is 17.0 Å². The molecule has 0 amide bonds. The SMILES string of the molecule is CNc1ccnc2c1C(=O)c1nccc3c1c-2nc1ccccc13. The second kappa shape index (κ2) is 4.58. The van der Waals surface area contributed by atoms with Gasteiger partial charge in [0.2, 0.25) is 5.78 Å². The number of para-hydroxylation sites is 1. The number of rotatable bonds is 1. The van der Waals surface area contributed by atoms with Crippen LogP contribution in [0.4, 0.5) is 5.69 Å². The van der Waals surface area contributed by atoms with Crippen LogP contribution in [0.5, 0.6) is 0 Å². The van der Waals surface area contributed by atoms with Crippen molar-refractivity contribution in [3.05, 3.63) is 60.0 Å². The highest BCUT2D eigenvalue weighted by molar-refractivity contribution is 6.28. The van der Waals surface area contributed by atoms with Crippen molar-refractivity contribution in [2.45, 2.75) is 0 Å². The summed E-state index contributed by atoms with van der Waals surface area (Å²) in [6.45, 7) is 0. The number of ketones is 1. The van der Waals surface area contributed by atoms with Crippen molar-refractivity contribution in [3.63, 3.8) is 0 Å². The van der Waals surface area contributed by atoms with Crippen LogP contribution in [0, 0.1) is 0 Å². The lowest BCUT2D eigenvalue weighted by atomic mass is 9.89. The fraction of sp³-hybridized carbons (Fsp3) is 0.0526. The van der Waals surface area contributed by atoms with Gasteiger partial charge in [-0.2, -0.15) is 0 Å². The summed E-state index contributed by atoms with van der Waals surface area (Å²) in [7, 11) is 1.79. The molecule has 114 valence electrons. The average molecular weight is 312 g/mol. The average Bonchev–Trinajstić information content (AvgIpc) is 2.65. The predicted octanol–water partition coefficient (Wildman–Crippen LogP) is 3.43. The zero-order chi connectivity index (χ0) is 16.3. The van der Waals surface area contributed by atoms with E-state index in [9.17, 15) is 4.79 Å². The van der Waals surface area contributed by atoms with E-state index in [1.807, 2.05) is 30.3 Å². The van der Waals surface area contributed by atoms with Gasteiger partial charge in [-0.15, -0.1) is 0 Å². The Labute approximate surface area is 137 Å². The third-order valence-corrected chi connectivity index (χ3v) is 4.50. The van der Waals surface area contributed by atoms with E-state index in [1.54, 1.807) is 25.5 Å². The molecule has 0 atom stereocenters. The quantitative estimate of drug-likeness (QED) is 0.480. The smallest absolute Gasteiger partial charge is 0.216 e. The molecule has 0 fully saturated rings. The molecule has 0 spiro atoms. The molecule has 24 heavy (non-hydrogen) atoms. The summed E-state index contributed by atoms with van der Waals surface area (Å²) < 4.78 is 0. The highest BCUT2D eigenvalue weighted by Crippen LogP contribution is 2.40. The molecule has 0 saturated carbocycles. The standard InChI is InChI=1S/C19H12N4O/c1-20-13-7-9-21-16-15(13)19(24)18-14-11(6-8-22-18)10-4-2-3-5-12(10)23-17(14)16/h2-9H,1H3,(H,20,21). The lowest BCUT2D eigenvalue weighted by Crippen LogP contribution is -2.16. The normalized spacial score (nSPS) is 12.5. The molecule has 1 aliphatic carbocycles. The summed E-state index contributed by atoms with van der Waals surface area (Å²) in [4.78, 5) is 26.7. The van der Waals surface area contributed by atoms with Crippen LogP contribution in [-0.2, 0) is 0 Å². The van der Waals surface area contributed by atoms with Gasteiger partial charge in [0, 0.05) is 35.9 Å². The first-order chi connectivity index (χ1) is 11.8. The first-order valence-electron chi connectivity index (χ1n) is 7.69. The Hall–Kier alpha value is -3.34. The third kappa shape index (κ3) is 1.53. The van der Waals surface area contributed by atoms with Gasteiger partial charge in [-0.05, 0) is 23.6 Å². The molecule has 5 heteroatoms. The number of pyridine rings is 3. The van der Waals surface area contributed by atoms with E-state index < -0.39 is 0 Å². The van der Waals surface area contributed by atoms with Gasteiger partial charge in [0.05, 0.1) is 11.1 Å². The molecule has 1 aliphatic rings. The number of fused-ring (bicyclic) bond motifs is 4. The van der Waals surface area contributed by atoms with Gasteiger partial charge in [0.1, 0.15) is 17.1 Å². The Bertz CT molecular complexity index is 1170. The Morgan fingerprint density at radius 3 is 2.54 bits per heavy atom. The number of nitrogens with zero attached hydrogens (tertiary/aromatic N) is 3. The number of nitrogens with one attached hydrogen (secondary N) is 1. The van der Waals surface area contributed by atoms with Gasteiger partial charge < -0.3 is 5.32 Å². The van der Waals surface area contributed by atoms with Crippen LogP contribution in [0.3, 0.4) is 0 Å². The molecule has 1 N–H and O–H groups in total. The summed E-state index contributed by atoms with van der Waals surface area (Å²) >= 11 is 0.